The largest absolute Gasteiger partial charge is 0.368 e. The van der Waals surface area contributed by atoms with Crippen LogP contribution in [0.3, 0.4) is 0 Å². The molecule has 1 aromatic rings. The summed E-state index contributed by atoms with van der Waals surface area (Å²) in [5.41, 5.74) is 2.63. The van der Waals surface area contributed by atoms with Crippen LogP contribution in [0.15, 0.2) is 54.1 Å². The van der Waals surface area contributed by atoms with E-state index in [0.29, 0.717) is 12.2 Å². The summed E-state index contributed by atoms with van der Waals surface area (Å²) in [6.45, 7) is 2.48. The smallest absolute Gasteiger partial charge is 0.131 e. The molecule has 0 fully saturated rings. The highest BCUT2D eigenvalue weighted by atomic mass is 16.5. The van der Waals surface area contributed by atoms with Gasteiger partial charge in [-0.3, -0.25) is 0 Å². The zero-order valence-electron chi connectivity index (χ0n) is 9.72. The molecule has 0 spiro atoms. The molecular formula is C15H14O2. The molecule has 1 aliphatic carbocycles. The number of hydrogen-bond donors (Lipinski definition) is 0. The van der Waals surface area contributed by atoms with Crippen LogP contribution in [0.1, 0.15) is 12.5 Å². The van der Waals surface area contributed by atoms with E-state index in [9.17, 15) is 4.79 Å². The number of benzene rings is 1. The molecule has 1 atom stereocenters. The monoisotopic (exact) mass is 226 g/mol. The van der Waals surface area contributed by atoms with Crippen molar-refractivity contribution in [3.8, 4) is 0 Å². The van der Waals surface area contributed by atoms with E-state index in [0.717, 1.165) is 11.1 Å². The van der Waals surface area contributed by atoms with E-state index in [2.05, 4.69) is 0 Å². The van der Waals surface area contributed by atoms with Gasteiger partial charge in [0, 0.05) is 6.61 Å². The maximum atomic E-state index is 10.9. The van der Waals surface area contributed by atoms with Crippen molar-refractivity contribution in [3.05, 3.63) is 59.7 Å². The van der Waals surface area contributed by atoms with Gasteiger partial charge in [0.15, 0.2) is 0 Å². The van der Waals surface area contributed by atoms with E-state index in [1.165, 1.54) is 0 Å². The Kier molecular flexibility index (Phi) is 3.71. The molecule has 0 radical (unpaired) electrons. The average molecular weight is 226 g/mol. The van der Waals surface area contributed by atoms with Gasteiger partial charge in [0.25, 0.3) is 0 Å². The third kappa shape index (κ3) is 2.44. The summed E-state index contributed by atoms with van der Waals surface area (Å²) >= 11 is 0. The Bertz CT molecular complexity index is 491. The van der Waals surface area contributed by atoms with Crippen molar-refractivity contribution in [3.63, 3.8) is 0 Å². The highest BCUT2D eigenvalue weighted by Crippen LogP contribution is 2.28. The van der Waals surface area contributed by atoms with E-state index < -0.39 is 0 Å². The van der Waals surface area contributed by atoms with Crippen LogP contribution in [0, 0.1) is 0 Å². The molecule has 2 heteroatoms. The number of carbonyl (C=O) groups excluding carboxylic acids is 1. The summed E-state index contributed by atoms with van der Waals surface area (Å²) in [7, 11) is 0. The number of rotatable bonds is 3. The number of hydrogen-bond acceptors (Lipinski definition) is 2. The Morgan fingerprint density at radius 1 is 1.29 bits per heavy atom. The topological polar surface area (TPSA) is 26.3 Å². The Balaban J connectivity index is 2.41. The van der Waals surface area contributed by atoms with Gasteiger partial charge in [-0.05, 0) is 24.1 Å². The fourth-order valence-corrected chi connectivity index (χ4v) is 1.91. The summed E-state index contributed by atoms with van der Waals surface area (Å²) in [5.74, 6) is 1.95. The van der Waals surface area contributed by atoms with Crippen LogP contribution in [-0.4, -0.2) is 18.7 Å². The lowest BCUT2D eigenvalue weighted by Crippen LogP contribution is -2.19. The molecule has 0 bridgehead atoms. The van der Waals surface area contributed by atoms with Crippen molar-refractivity contribution < 1.29 is 9.53 Å². The first kappa shape index (κ1) is 11.6. The molecule has 0 saturated carbocycles. The second-order valence-corrected chi connectivity index (χ2v) is 3.74. The zero-order chi connectivity index (χ0) is 12.1. The van der Waals surface area contributed by atoms with Crippen LogP contribution in [0.25, 0.3) is 5.57 Å². The quantitative estimate of drug-likeness (QED) is 0.741. The molecular weight excluding hydrogens is 212 g/mol. The Morgan fingerprint density at radius 3 is 2.71 bits per heavy atom. The predicted octanol–water partition coefficient (Wildman–Crippen LogP) is 2.80. The molecule has 0 aliphatic heterocycles. The van der Waals surface area contributed by atoms with Gasteiger partial charge in [0.1, 0.15) is 12.0 Å². The van der Waals surface area contributed by atoms with Crippen molar-refractivity contribution in [2.45, 2.75) is 13.0 Å². The van der Waals surface area contributed by atoms with Gasteiger partial charge in [0.05, 0.1) is 5.57 Å². The third-order valence-electron chi connectivity index (χ3n) is 2.67. The molecule has 2 rings (SSSR count). The molecule has 0 amide bonds. The van der Waals surface area contributed by atoms with Crippen molar-refractivity contribution >= 4 is 11.5 Å². The number of allylic oxidation sites excluding steroid dienone is 2. The fraction of sp³-hybridized carbons (Fsp3) is 0.200. The van der Waals surface area contributed by atoms with Gasteiger partial charge in [-0.2, -0.15) is 0 Å². The van der Waals surface area contributed by atoms with Crippen LogP contribution in [-0.2, 0) is 9.53 Å². The summed E-state index contributed by atoms with van der Waals surface area (Å²) in [6.07, 6.45) is 5.29. The summed E-state index contributed by atoms with van der Waals surface area (Å²) in [5, 5.41) is 0. The molecule has 0 aromatic heterocycles. The van der Waals surface area contributed by atoms with Crippen molar-refractivity contribution in [1.82, 2.24) is 0 Å². The maximum absolute atomic E-state index is 10.9. The predicted molar refractivity (Wildman–Crippen MR) is 68.2 cm³/mol. The van der Waals surface area contributed by atoms with Crippen molar-refractivity contribution in [2.75, 3.05) is 6.61 Å². The summed E-state index contributed by atoms with van der Waals surface area (Å²) in [4.78, 5) is 10.9. The molecule has 1 aliphatic rings. The third-order valence-corrected chi connectivity index (χ3v) is 2.67. The van der Waals surface area contributed by atoms with Gasteiger partial charge in [-0.1, -0.05) is 42.5 Å². The standard InChI is InChI=1S/C15H14O2/c1-2-17-15-13(11-16)9-6-10-14(15)12-7-4-3-5-8-12/h3-10,15H,2H2,1H3. The lowest BCUT2D eigenvalue weighted by molar-refractivity contribution is 0.129. The first-order chi connectivity index (χ1) is 8.36. The molecule has 0 heterocycles. The van der Waals surface area contributed by atoms with Crippen molar-refractivity contribution in [1.29, 1.82) is 0 Å². The molecule has 1 aromatic carbocycles. The van der Waals surface area contributed by atoms with Gasteiger partial charge < -0.3 is 4.74 Å². The van der Waals surface area contributed by atoms with Gasteiger partial charge >= 0.3 is 0 Å². The summed E-state index contributed by atoms with van der Waals surface area (Å²) < 4.78 is 5.63. The first-order valence-corrected chi connectivity index (χ1v) is 5.67. The Hall–Kier alpha value is -1.89. The maximum Gasteiger partial charge on any atom is 0.131 e. The summed E-state index contributed by atoms with van der Waals surface area (Å²) in [6, 6.07) is 9.94. The van der Waals surface area contributed by atoms with Gasteiger partial charge in [-0.25, -0.2) is 4.79 Å². The SMILES string of the molecule is CCOC1C(=C=O)C=CC=C1c1ccccc1. The minimum Gasteiger partial charge on any atom is -0.368 e. The zero-order valence-corrected chi connectivity index (χ0v) is 9.72. The molecule has 1 unspecified atom stereocenters. The lowest BCUT2D eigenvalue weighted by Gasteiger charge is -2.22. The fourth-order valence-electron chi connectivity index (χ4n) is 1.91. The lowest BCUT2D eigenvalue weighted by atomic mass is 9.92. The average Bonchev–Trinajstić information content (AvgIpc) is 2.40. The van der Waals surface area contributed by atoms with Crippen molar-refractivity contribution in [2.24, 2.45) is 0 Å². The van der Waals surface area contributed by atoms with Crippen LogP contribution in [0.4, 0.5) is 0 Å². The number of ether oxygens (including phenoxy) is 1. The van der Waals surface area contributed by atoms with E-state index in [1.54, 1.807) is 6.08 Å². The minimum atomic E-state index is -0.301. The second kappa shape index (κ2) is 5.44. The molecule has 17 heavy (non-hydrogen) atoms. The highest BCUT2D eigenvalue weighted by Gasteiger charge is 2.22. The van der Waals surface area contributed by atoms with E-state index in [-0.39, 0.29) is 6.10 Å². The van der Waals surface area contributed by atoms with E-state index in [1.807, 2.05) is 55.3 Å². The van der Waals surface area contributed by atoms with Crippen LogP contribution >= 0.6 is 0 Å². The molecule has 0 saturated heterocycles. The molecule has 86 valence electrons. The second-order valence-electron chi connectivity index (χ2n) is 3.74. The minimum absolute atomic E-state index is 0.301. The van der Waals surface area contributed by atoms with E-state index >= 15 is 0 Å². The Morgan fingerprint density at radius 2 is 2.06 bits per heavy atom. The first-order valence-electron chi connectivity index (χ1n) is 5.67. The van der Waals surface area contributed by atoms with Crippen LogP contribution < -0.4 is 0 Å². The van der Waals surface area contributed by atoms with Crippen LogP contribution in [0.5, 0.6) is 0 Å². The van der Waals surface area contributed by atoms with E-state index in [4.69, 9.17) is 4.74 Å². The molecule has 0 N–H and O–H groups in total. The highest BCUT2D eigenvalue weighted by molar-refractivity contribution is 5.80. The van der Waals surface area contributed by atoms with Crippen LogP contribution in [0.2, 0.25) is 0 Å². The normalized spacial score (nSPS) is 18.8. The molecule has 2 nitrogen and oxygen atoms in total. The Labute approximate surface area is 101 Å². The van der Waals surface area contributed by atoms with Gasteiger partial charge in [-0.15, -0.1) is 0 Å². The van der Waals surface area contributed by atoms with Gasteiger partial charge in [0.2, 0.25) is 0 Å².